The number of nitrogens with two attached hydrogens (primary N) is 2. The third-order valence-corrected chi connectivity index (χ3v) is 15.1. The number of phenolic OH excluding ortho intramolecular Hbond substituents is 8. The van der Waals surface area contributed by atoms with E-state index in [1.807, 2.05) is 0 Å². The van der Waals surface area contributed by atoms with Gasteiger partial charge in [-0.1, -0.05) is 0 Å². The minimum atomic E-state index is -4.57. The number of aromatic nitrogens is 4. The van der Waals surface area contributed by atoms with E-state index in [1.165, 1.54) is 31.4 Å². The molecule has 4 aromatic carbocycles. The van der Waals surface area contributed by atoms with Crippen LogP contribution in [0.5, 0.6) is 57.5 Å². The zero-order chi connectivity index (χ0) is 66.6. The van der Waals surface area contributed by atoms with Crippen LogP contribution in [0.25, 0.3) is 11.4 Å². The van der Waals surface area contributed by atoms with Crippen LogP contribution in [0.1, 0.15) is 59.5 Å². The first-order valence-electron chi connectivity index (χ1n) is 25.2. The molecule has 6 amide bonds. The van der Waals surface area contributed by atoms with E-state index in [9.17, 15) is 136 Å². The molecule has 0 bridgehead atoms. The average Bonchev–Trinajstić information content (AvgIpc) is 0.744. The number of hydrogen-bond acceptors (Lipinski definition) is 32. The van der Waals surface area contributed by atoms with Crippen LogP contribution in [-0.2, 0) is 27.2 Å². The second-order valence-electron chi connectivity index (χ2n) is 20.7. The lowest BCUT2D eigenvalue weighted by Gasteiger charge is -2.49. The lowest BCUT2D eigenvalue weighted by molar-refractivity contribution is -0.440. The van der Waals surface area contributed by atoms with Crippen molar-refractivity contribution in [3.05, 3.63) is 82.4 Å². The Morgan fingerprint density at radius 3 is 1.28 bits per heavy atom. The van der Waals surface area contributed by atoms with Gasteiger partial charge in [0.05, 0.1) is 50.8 Å². The highest BCUT2D eigenvalue weighted by Crippen LogP contribution is 2.60. The standard InChI is InChI=1S/C50H48N10O30/c1-88-18-6-2-16(3-7-18)59-25-20(23(53-59)39(51)70)10-47(80,81)57(41(25)72)29-35(66)31(62)27(32(63)36(29)67)55-14-46(79,44(75,76)12-22(55)61)90-15-89-19-8-4-17(5-9-19)60-26-21(24(54-60)40(52)71)11-48(82,83)58(42(26)73)30-37(68)33(64)28(34(65)38(30)69)56-13-45(77,78)50(86,87)49(84,85)43(56)74/h2-9,62-69,75-87H,10-15H2,1H3,(H2,51,70)(H2,52,71). The van der Waals surface area contributed by atoms with Crippen LogP contribution in [0, 0.1) is 0 Å². The van der Waals surface area contributed by atoms with E-state index in [0.717, 1.165) is 28.9 Å². The fourth-order valence-corrected chi connectivity index (χ4v) is 10.5. The summed E-state index contributed by atoms with van der Waals surface area (Å²) in [6.07, 6.45) is -4.02. The predicted molar refractivity (Wildman–Crippen MR) is 282 cm³/mol. The number of methoxy groups -OCH3 is 1. The molecule has 0 spiro atoms. The third-order valence-electron chi connectivity index (χ3n) is 15.1. The number of rotatable bonds is 13. The first-order valence-corrected chi connectivity index (χ1v) is 25.2. The van der Waals surface area contributed by atoms with Crippen molar-refractivity contribution in [2.24, 2.45) is 11.5 Å². The number of carbonyl (C=O) groups is 6. The molecule has 10 rings (SSSR count). The minimum absolute atomic E-state index is 0.0496. The Kier molecular flexibility index (Phi) is 14.1. The van der Waals surface area contributed by atoms with Gasteiger partial charge in [0, 0.05) is 11.1 Å². The molecule has 1 unspecified atom stereocenters. The van der Waals surface area contributed by atoms with Gasteiger partial charge in [-0.05, 0) is 48.5 Å². The number of aliphatic hydroxyl groups is 13. The van der Waals surface area contributed by atoms with Crippen LogP contribution < -0.4 is 40.5 Å². The molecule has 25 N–H and O–H groups in total. The van der Waals surface area contributed by atoms with E-state index < -0.39 is 218 Å². The summed E-state index contributed by atoms with van der Waals surface area (Å²) in [4.78, 5) is 79.9. The van der Waals surface area contributed by atoms with Gasteiger partial charge in [0.25, 0.3) is 47.1 Å². The van der Waals surface area contributed by atoms with Crippen molar-refractivity contribution in [2.75, 3.05) is 46.6 Å². The van der Waals surface area contributed by atoms with Gasteiger partial charge < -0.3 is 133 Å². The molecule has 4 aliphatic heterocycles. The van der Waals surface area contributed by atoms with Crippen LogP contribution in [0.15, 0.2) is 48.5 Å². The average molecular weight is 1270 g/mol. The van der Waals surface area contributed by atoms with Crippen molar-refractivity contribution in [2.45, 2.75) is 60.0 Å². The number of ether oxygens (including phenoxy) is 3. The quantitative estimate of drug-likeness (QED) is 0.0290. The Morgan fingerprint density at radius 2 is 0.889 bits per heavy atom. The molecule has 2 saturated heterocycles. The number of benzene rings is 4. The summed E-state index contributed by atoms with van der Waals surface area (Å²) in [6.45, 7) is -4.65. The number of primary amides is 2. The molecule has 0 aliphatic carbocycles. The lowest BCUT2D eigenvalue weighted by atomic mass is 9.89. The number of hydrogen-bond donors (Lipinski definition) is 23. The number of β-amino-alcohol motifs (C(OH)–C–C–N with tert-alkyl or cyclic N) is 3. The summed E-state index contributed by atoms with van der Waals surface area (Å²) in [6, 6.07) is 9.72. The van der Waals surface area contributed by atoms with Crippen molar-refractivity contribution < 1.29 is 150 Å². The van der Waals surface area contributed by atoms with E-state index in [-0.39, 0.29) is 36.7 Å². The fraction of sp³-hybridized carbons (Fsp3) is 0.280. The molecule has 40 heteroatoms. The van der Waals surface area contributed by atoms with Crippen LogP contribution in [0.4, 0.5) is 22.7 Å². The first kappa shape index (κ1) is 62.6. The highest BCUT2D eigenvalue weighted by Gasteiger charge is 2.71. The molecule has 4 aliphatic rings. The van der Waals surface area contributed by atoms with E-state index >= 15 is 0 Å². The SMILES string of the molecule is COc1ccc(-n2nc(C(N)=O)c3c2C(=O)N(c2c(O)c(O)c(N4CC(O)(OCOc5ccc(-n6nc(C(N)=O)c7c6C(=O)N(c6c(O)c(O)c(N8CC(O)(O)C(O)(O)C(O)(O)C8=O)c(O)c6O)C(O)(O)C7)cc5)C(O)(O)CC4=O)c(O)c2O)C(O)(O)C3)cc1. The molecule has 1 atom stereocenters. The molecule has 0 saturated carbocycles. The smallest absolute Gasteiger partial charge is 0.306 e. The van der Waals surface area contributed by atoms with Gasteiger partial charge in [-0.25, -0.2) is 19.2 Å². The second-order valence-corrected chi connectivity index (χ2v) is 20.7. The minimum Gasteiger partial charge on any atom is -0.503 e. The zero-order valence-corrected chi connectivity index (χ0v) is 45.2. The van der Waals surface area contributed by atoms with Gasteiger partial charge in [-0.2, -0.15) is 10.2 Å². The highest BCUT2D eigenvalue weighted by atomic mass is 16.7. The predicted octanol–water partition coefficient (Wildman–Crippen LogP) is -7.86. The molecular formula is C50H48N10O30. The summed E-state index contributed by atoms with van der Waals surface area (Å²) < 4.78 is 17.3. The first-order chi connectivity index (χ1) is 41.6. The lowest BCUT2D eigenvalue weighted by Crippen LogP contribution is -2.80. The van der Waals surface area contributed by atoms with Crippen molar-refractivity contribution >= 4 is 58.2 Å². The van der Waals surface area contributed by atoms with Crippen LogP contribution in [0.3, 0.4) is 0 Å². The Bertz CT molecular complexity index is 4040. The molecule has 478 valence electrons. The van der Waals surface area contributed by atoms with Gasteiger partial charge in [-0.3, -0.25) is 38.6 Å². The second kappa shape index (κ2) is 20.3. The number of aromatic hydroxyl groups is 8. The topological polar surface area (TPSA) is 656 Å². The normalized spacial score (nSPS) is 20.4. The zero-order valence-electron chi connectivity index (χ0n) is 45.2. The number of piperidine rings is 2. The van der Waals surface area contributed by atoms with Gasteiger partial charge in [0.2, 0.25) is 23.3 Å². The largest absolute Gasteiger partial charge is 0.503 e. The highest BCUT2D eigenvalue weighted by molar-refractivity contribution is 6.15. The number of anilines is 4. The number of amides is 6. The molecule has 2 fully saturated rings. The summed E-state index contributed by atoms with van der Waals surface area (Å²) in [7, 11) is 1.35. The van der Waals surface area contributed by atoms with E-state index in [1.54, 1.807) is 0 Å². The van der Waals surface area contributed by atoms with Gasteiger partial charge in [0.15, 0.2) is 64.2 Å². The van der Waals surface area contributed by atoms with Crippen molar-refractivity contribution in [1.82, 2.24) is 19.6 Å². The van der Waals surface area contributed by atoms with Crippen LogP contribution in [0.2, 0.25) is 0 Å². The maximum absolute atomic E-state index is 14.5. The Balaban J connectivity index is 0.908. The monoisotopic (exact) mass is 1270 g/mol. The molecule has 40 nitrogen and oxygen atoms in total. The Labute approximate surface area is 496 Å². The summed E-state index contributed by atoms with van der Waals surface area (Å²) in [5, 5.41) is 238. The van der Waals surface area contributed by atoms with E-state index in [2.05, 4.69) is 10.2 Å². The molecular weight excluding hydrogens is 1220 g/mol. The van der Waals surface area contributed by atoms with Gasteiger partial charge in [0.1, 0.15) is 45.6 Å². The number of carbonyl (C=O) groups excluding carboxylic acids is 6. The Hall–Kier alpha value is -10.4. The maximum atomic E-state index is 14.5. The van der Waals surface area contributed by atoms with E-state index in [4.69, 9.17) is 25.7 Å². The van der Waals surface area contributed by atoms with Crippen LogP contribution >= 0.6 is 0 Å². The van der Waals surface area contributed by atoms with Gasteiger partial charge >= 0.3 is 5.79 Å². The van der Waals surface area contributed by atoms with Crippen LogP contribution in [-0.4, -0.2) is 230 Å². The number of fused-ring (bicyclic) bond motifs is 2. The van der Waals surface area contributed by atoms with Crippen molar-refractivity contribution in [3.63, 3.8) is 0 Å². The maximum Gasteiger partial charge on any atom is 0.306 e. The number of nitrogens with zero attached hydrogens (tertiary/aromatic N) is 8. The third kappa shape index (κ3) is 9.02. The molecule has 6 heterocycles. The summed E-state index contributed by atoms with van der Waals surface area (Å²) in [5.74, 6) is -51.3. The van der Waals surface area contributed by atoms with Gasteiger partial charge in [-0.15, -0.1) is 0 Å². The summed E-state index contributed by atoms with van der Waals surface area (Å²) in [5.41, 5.74) is 0.822. The molecule has 6 aromatic rings. The summed E-state index contributed by atoms with van der Waals surface area (Å²) >= 11 is 0. The van der Waals surface area contributed by atoms with E-state index in [0.29, 0.717) is 10.4 Å². The number of phenols is 8. The molecule has 90 heavy (non-hydrogen) atoms. The molecule has 2 aromatic heterocycles. The fourth-order valence-electron chi connectivity index (χ4n) is 10.5. The van der Waals surface area contributed by atoms with Crippen molar-refractivity contribution in [1.29, 1.82) is 0 Å². The molecule has 0 radical (unpaired) electrons. The Morgan fingerprint density at radius 1 is 0.511 bits per heavy atom. The van der Waals surface area contributed by atoms with Crippen molar-refractivity contribution in [3.8, 4) is 68.9 Å².